The largest absolute Gasteiger partial charge is 0.438 e. The minimum absolute atomic E-state index is 0.125. The Kier molecular flexibility index (Phi) is 3.79. The van der Waals surface area contributed by atoms with Gasteiger partial charge in [0.2, 0.25) is 5.88 Å². The van der Waals surface area contributed by atoms with Crippen LogP contribution in [0.25, 0.3) is 0 Å². The fraction of sp³-hybridized carbons (Fsp3) is 0.333. The topological polar surface area (TPSA) is 81.0 Å². The zero-order valence-corrected chi connectivity index (χ0v) is 12.2. The summed E-state index contributed by atoms with van der Waals surface area (Å²) in [6, 6.07) is 5.04. The van der Waals surface area contributed by atoms with E-state index in [9.17, 15) is 4.79 Å². The lowest BCUT2D eigenvalue weighted by molar-refractivity contribution is 0.452. The highest BCUT2D eigenvalue weighted by atomic mass is 16.5. The Bertz CT molecular complexity index is 690. The minimum atomic E-state index is -0.219. The van der Waals surface area contributed by atoms with Crippen LogP contribution in [0.2, 0.25) is 0 Å². The van der Waals surface area contributed by atoms with Crippen molar-refractivity contribution in [3.63, 3.8) is 0 Å². The molecule has 0 amide bonds. The van der Waals surface area contributed by atoms with E-state index in [1.807, 2.05) is 39.8 Å². The number of aromatic amines is 1. The molecule has 1 aromatic carbocycles. The molecule has 0 saturated carbocycles. The highest BCUT2D eigenvalue weighted by molar-refractivity contribution is 5.54. The first-order chi connectivity index (χ1) is 9.36. The predicted octanol–water partition coefficient (Wildman–Crippen LogP) is 2.88. The number of ether oxygens (including phenoxy) is 1. The second kappa shape index (κ2) is 5.36. The van der Waals surface area contributed by atoms with Gasteiger partial charge in [0, 0.05) is 11.6 Å². The van der Waals surface area contributed by atoms with Crippen molar-refractivity contribution in [1.29, 1.82) is 0 Å². The summed E-state index contributed by atoms with van der Waals surface area (Å²) in [5, 5.41) is 0. The van der Waals surface area contributed by atoms with Gasteiger partial charge >= 0.3 is 0 Å². The van der Waals surface area contributed by atoms with Crippen LogP contribution in [0.4, 0.5) is 5.69 Å². The second-order valence-corrected chi connectivity index (χ2v) is 5.20. The summed E-state index contributed by atoms with van der Waals surface area (Å²) in [6.45, 7) is 7.73. The Hall–Kier alpha value is -2.30. The summed E-state index contributed by atoms with van der Waals surface area (Å²) in [5.41, 5.74) is 8.18. The predicted molar refractivity (Wildman–Crippen MR) is 79.3 cm³/mol. The van der Waals surface area contributed by atoms with Crippen LogP contribution in [0.3, 0.4) is 0 Å². The third-order valence-corrected chi connectivity index (χ3v) is 3.06. The van der Waals surface area contributed by atoms with Gasteiger partial charge in [-0.3, -0.25) is 4.79 Å². The maximum absolute atomic E-state index is 11.6. The normalized spacial score (nSPS) is 10.8. The molecule has 0 aliphatic heterocycles. The van der Waals surface area contributed by atoms with Crippen LogP contribution in [0.15, 0.2) is 23.0 Å². The Morgan fingerprint density at radius 3 is 2.55 bits per heavy atom. The van der Waals surface area contributed by atoms with E-state index in [0.29, 0.717) is 17.5 Å². The van der Waals surface area contributed by atoms with Gasteiger partial charge in [-0.25, -0.2) is 0 Å². The lowest BCUT2D eigenvalue weighted by atomic mass is 10.1. The molecular formula is C15H19N3O2. The van der Waals surface area contributed by atoms with Crippen LogP contribution in [0, 0.1) is 13.8 Å². The first kappa shape index (κ1) is 14.1. The quantitative estimate of drug-likeness (QED) is 0.842. The molecule has 0 atom stereocenters. The molecule has 106 valence electrons. The lowest BCUT2D eigenvalue weighted by Crippen LogP contribution is -2.12. The molecule has 0 bridgehead atoms. The second-order valence-electron chi connectivity index (χ2n) is 5.20. The summed E-state index contributed by atoms with van der Waals surface area (Å²) in [4.78, 5) is 18.6. The molecule has 3 N–H and O–H groups in total. The zero-order valence-electron chi connectivity index (χ0n) is 12.2. The van der Waals surface area contributed by atoms with Gasteiger partial charge in [0.05, 0.1) is 6.07 Å². The molecule has 0 unspecified atom stereocenters. The number of nitrogen functional groups attached to an aromatic ring is 1. The van der Waals surface area contributed by atoms with Crippen molar-refractivity contribution in [3.05, 3.63) is 45.5 Å². The third-order valence-electron chi connectivity index (χ3n) is 3.06. The summed E-state index contributed by atoms with van der Waals surface area (Å²) >= 11 is 0. The van der Waals surface area contributed by atoms with Gasteiger partial charge in [-0.2, -0.15) is 4.98 Å². The number of H-pyrrole nitrogens is 1. The van der Waals surface area contributed by atoms with E-state index < -0.39 is 0 Å². The van der Waals surface area contributed by atoms with Crippen molar-refractivity contribution in [2.24, 2.45) is 0 Å². The van der Waals surface area contributed by atoms with Crippen LogP contribution in [-0.4, -0.2) is 9.97 Å². The number of nitrogens with zero attached hydrogens (tertiary/aromatic N) is 1. The molecule has 5 heteroatoms. The molecule has 0 radical (unpaired) electrons. The molecule has 2 aromatic rings. The van der Waals surface area contributed by atoms with Crippen molar-refractivity contribution in [3.8, 4) is 11.6 Å². The summed E-state index contributed by atoms with van der Waals surface area (Å²) in [7, 11) is 0. The van der Waals surface area contributed by atoms with Crippen molar-refractivity contribution >= 4 is 5.69 Å². The fourth-order valence-corrected chi connectivity index (χ4v) is 1.81. The number of benzene rings is 1. The number of anilines is 1. The van der Waals surface area contributed by atoms with Crippen molar-refractivity contribution in [2.45, 2.75) is 33.6 Å². The molecule has 2 rings (SSSR count). The lowest BCUT2D eigenvalue weighted by Gasteiger charge is -2.12. The molecule has 5 nitrogen and oxygen atoms in total. The van der Waals surface area contributed by atoms with Gasteiger partial charge in [-0.05, 0) is 37.1 Å². The van der Waals surface area contributed by atoms with Crippen LogP contribution in [0.5, 0.6) is 11.6 Å². The molecule has 0 aliphatic carbocycles. The van der Waals surface area contributed by atoms with Gasteiger partial charge in [-0.15, -0.1) is 0 Å². The molecule has 0 saturated heterocycles. The van der Waals surface area contributed by atoms with E-state index in [4.69, 9.17) is 10.5 Å². The first-order valence-corrected chi connectivity index (χ1v) is 6.52. The molecule has 1 aromatic heterocycles. The highest BCUT2D eigenvalue weighted by Crippen LogP contribution is 2.27. The van der Waals surface area contributed by atoms with E-state index >= 15 is 0 Å². The standard InChI is InChI=1S/C15H19N3O2/c1-8(2)15-17-13(19)7-14(18-15)20-12-6-9(3)11(16)5-10(12)4/h5-8H,16H2,1-4H3,(H,17,18,19). The molecule has 1 heterocycles. The van der Waals surface area contributed by atoms with Gasteiger partial charge in [-0.1, -0.05) is 13.8 Å². The van der Waals surface area contributed by atoms with Gasteiger partial charge in [0.1, 0.15) is 11.6 Å². The third kappa shape index (κ3) is 2.99. The van der Waals surface area contributed by atoms with E-state index in [-0.39, 0.29) is 11.5 Å². The Balaban J connectivity index is 2.40. The number of aryl methyl sites for hydroxylation is 2. The highest BCUT2D eigenvalue weighted by Gasteiger charge is 2.09. The molecule has 0 fully saturated rings. The minimum Gasteiger partial charge on any atom is -0.438 e. The van der Waals surface area contributed by atoms with E-state index in [1.54, 1.807) is 0 Å². The van der Waals surface area contributed by atoms with Gasteiger partial charge in [0.25, 0.3) is 5.56 Å². The summed E-state index contributed by atoms with van der Waals surface area (Å²) < 4.78 is 5.73. The Morgan fingerprint density at radius 1 is 1.20 bits per heavy atom. The number of rotatable bonds is 3. The van der Waals surface area contributed by atoms with Crippen LogP contribution in [-0.2, 0) is 0 Å². The zero-order chi connectivity index (χ0) is 14.9. The first-order valence-electron chi connectivity index (χ1n) is 6.52. The van der Waals surface area contributed by atoms with Crippen LogP contribution in [0.1, 0.15) is 36.7 Å². The maximum atomic E-state index is 11.6. The van der Waals surface area contributed by atoms with Crippen molar-refractivity contribution in [2.75, 3.05) is 5.73 Å². The molecule has 20 heavy (non-hydrogen) atoms. The number of nitrogens with two attached hydrogens (primary N) is 1. The molecule has 0 spiro atoms. The maximum Gasteiger partial charge on any atom is 0.254 e. The summed E-state index contributed by atoms with van der Waals surface area (Å²) in [6.07, 6.45) is 0. The average molecular weight is 273 g/mol. The van der Waals surface area contributed by atoms with Crippen molar-refractivity contribution in [1.82, 2.24) is 9.97 Å². The van der Waals surface area contributed by atoms with Crippen LogP contribution >= 0.6 is 0 Å². The number of hydrogen-bond donors (Lipinski definition) is 2. The Morgan fingerprint density at radius 2 is 1.90 bits per heavy atom. The SMILES string of the molecule is Cc1cc(Oc2cc(=O)[nH]c(C(C)C)n2)c(C)cc1N. The summed E-state index contributed by atoms with van der Waals surface area (Å²) in [5.74, 6) is 1.69. The van der Waals surface area contributed by atoms with Crippen molar-refractivity contribution < 1.29 is 4.74 Å². The number of aromatic nitrogens is 2. The molecule has 0 aliphatic rings. The van der Waals surface area contributed by atoms with E-state index in [0.717, 1.165) is 16.8 Å². The number of nitrogens with one attached hydrogen (secondary N) is 1. The fourth-order valence-electron chi connectivity index (χ4n) is 1.81. The number of hydrogen-bond acceptors (Lipinski definition) is 4. The average Bonchev–Trinajstić information content (AvgIpc) is 2.35. The van der Waals surface area contributed by atoms with Gasteiger partial charge in [0.15, 0.2) is 0 Å². The van der Waals surface area contributed by atoms with E-state index in [2.05, 4.69) is 9.97 Å². The monoisotopic (exact) mass is 273 g/mol. The van der Waals surface area contributed by atoms with E-state index in [1.165, 1.54) is 6.07 Å². The van der Waals surface area contributed by atoms with Gasteiger partial charge < -0.3 is 15.5 Å². The smallest absolute Gasteiger partial charge is 0.254 e. The van der Waals surface area contributed by atoms with Crippen LogP contribution < -0.4 is 16.0 Å². The Labute approximate surface area is 117 Å². The molecular weight excluding hydrogens is 254 g/mol.